The third-order valence-corrected chi connectivity index (χ3v) is 10.7. The van der Waals surface area contributed by atoms with Crippen LogP contribution < -0.4 is 9.80 Å². The van der Waals surface area contributed by atoms with Gasteiger partial charge in [0.1, 0.15) is 11.2 Å². The minimum atomic E-state index is 0.0690. The van der Waals surface area contributed by atoms with Gasteiger partial charge in [-0.15, -0.1) is 0 Å². The third-order valence-electron chi connectivity index (χ3n) is 10.7. The van der Waals surface area contributed by atoms with Crippen LogP contribution in [-0.2, 0) is 0 Å². The minimum absolute atomic E-state index is 0.0690. The quantitative estimate of drug-likeness (QED) is 0.157. The summed E-state index contributed by atoms with van der Waals surface area (Å²) in [7, 11) is 0. The number of rotatable bonds is 8. The van der Waals surface area contributed by atoms with Gasteiger partial charge in [-0.1, -0.05) is 152 Å². The molecule has 0 aliphatic heterocycles. The fourth-order valence-corrected chi connectivity index (χ4v) is 8.05. The molecule has 262 valence electrons. The average Bonchev–Trinajstić information content (AvgIpc) is 3.60. The molecule has 0 saturated heterocycles. The van der Waals surface area contributed by atoms with Gasteiger partial charge in [0.05, 0.1) is 17.4 Å². The molecule has 55 heavy (non-hydrogen) atoms. The highest BCUT2D eigenvalue weighted by molar-refractivity contribution is 6.13. The van der Waals surface area contributed by atoms with Crippen LogP contribution in [0.1, 0.15) is 6.42 Å². The van der Waals surface area contributed by atoms with Crippen molar-refractivity contribution in [2.45, 2.75) is 12.5 Å². The minimum Gasteiger partial charge on any atom is -0.456 e. The van der Waals surface area contributed by atoms with Gasteiger partial charge in [-0.3, -0.25) is 0 Å². The Morgan fingerprint density at radius 3 is 1.64 bits per heavy atom. The summed E-state index contributed by atoms with van der Waals surface area (Å²) >= 11 is 0. The van der Waals surface area contributed by atoms with Crippen LogP contribution in [0.15, 0.2) is 217 Å². The Morgan fingerprint density at radius 2 is 0.964 bits per heavy atom. The van der Waals surface area contributed by atoms with Gasteiger partial charge >= 0.3 is 0 Å². The number of anilines is 5. The van der Waals surface area contributed by atoms with Gasteiger partial charge < -0.3 is 14.2 Å². The number of hydrogen-bond acceptors (Lipinski definition) is 3. The molecule has 0 amide bonds. The maximum absolute atomic E-state index is 6.81. The fourth-order valence-electron chi connectivity index (χ4n) is 8.05. The summed E-state index contributed by atoms with van der Waals surface area (Å²) in [5.74, 6) is 0. The van der Waals surface area contributed by atoms with E-state index in [1.165, 1.54) is 22.1 Å². The van der Waals surface area contributed by atoms with Crippen LogP contribution in [-0.4, -0.2) is 6.04 Å². The molecule has 0 spiro atoms. The van der Waals surface area contributed by atoms with Crippen LogP contribution in [0.2, 0.25) is 0 Å². The summed E-state index contributed by atoms with van der Waals surface area (Å²) in [6, 6.07) is 67.5. The zero-order valence-electron chi connectivity index (χ0n) is 30.3. The number of para-hydroxylation sites is 1. The van der Waals surface area contributed by atoms with Crippen LogP contribution in [0.3, 0.4) is 0 Å². The Kier molecular flexibility index (Phi) is 8.31. The van der Waals surface area contributed by atoms with Gasteiger partial charge in [0, 0.05) is 33.9 Å². The Morgan fingerprint density at radius 1 is 0.418 bits per heavy atom. The number of hydrogen-bond donors (Lipinski definition) is 0. The van der Waals surface area contributed by atoms with Gasteiger partial charge in [-0.05, 0) is 94.0 Å². The number of nitrogens with zero attached hydrogens (tertiary/aromatic N) is 2. The molecule has 0 saturated carbocycles. The highest BCUT2D eigenvalue weighted by Gasteiger charge is 2.28. The van der Waals surface area contributed by atoms with Crippen LogP contribution in [0.4, 0.5) is 28.4 Å². The van der Waals surface area contributed by atoms with E-state index in [9.17, 15) is 0 Å². The van der Waals surface area contributed by atoms with Crippen LogP contribution in [0, 0.1) is 0 Å². The molecular weight excluding hydrogens is 669 g/mol. The van der Waals surface area contributed by atoms with E-state index in [1.807, 2.05) is 0 Å². The predicted molar refractivity (Wildman–Crippen MR) is 232 cm³/mol. The van der Waals surface area contributed by atoms with E-state index in [0.717, 1.165) is 67.7 Å². The molecule has 0 N–H and O–H groups in total. The van der Waals surface area contributed by atoms with E-state index in [1.54, 1.807) is 0 Å². The Bertz CT molecular complexity index is 2850. The first-order chi connectivity index (χ1) is 27.3. The maximum atomic E-state index is 6.81. The lowest BCUT2D eigenvalue weighted by Crippen LogP contribution is -2.31. The summed E-state index contributed by atoms with van der Waals surface area (Å²) < 4.78 is 6.81. The van der Waals surface area contributed by atoms with Crippen molar-refractivity contribution in [3.63, 3.8) is 0 Å². The van der Waals surface area contributed by atoms with Crippen molar-refractivity contribution in [3.8, 4) is 22.3 Å². The highest BCUT2D eigenvalue weighted by Crippen LogP contribution is 2.48. The summed E-state index contributed by atoms with van der Waals surface area (Å²) in [6.07, 6.45) is 9.80. The van der Waals surface area contributed by atoms with E-state index in [2.05, 4.69) is 222 Å². The van der Waals surface area contributed by atoms with Crippen molar-refractivity contribution in [3.05, 3.63) is 212 Å². The van der Waals surface area contributed by atoms with E-state index in [0.29, 0.717) is 0 Å². The lowest BCUT2D eigenvalue weighted by Gasteiger charge is -2.37. The molecule has 0 fully saturated rings. The Hall–Kier alpha value is -7.10. The first-order valence-corrected chi connectivity index (χ1v) is 18.9. The van der Waals surface area contributed by atoms with Crippen molar-refractivity contribution in [1.82, 2.24) is 0 Å². The smallest absolute Gasteiger partial charge is 0.137 e. The van der Waals surface area contributed by atoms with Gasteiger partial charge in [0.25, 0.3) is 0 Å². The first kappa shape index (κ1) is 32.5. The number of benzene rings is 8. The highest BCUT2D eigenvalue weighted by atomic mass is 16.3. The van der Waals surface area contributed by atoms with Gasteiger partial charge in [0.2, 0.25) is 0 Å². The lowest BCUT2D eigenvalue weighted by atomic mass is 9.99. The summed E-state index contributed by atoms with van der Waals surface area (Å²) in [6.45, 7) is 0. The molecule has 10 rings (SSSR count). The second-order valence-electron chi connectivity index (χ2n) is 14.1. The Balaban J connectivity index is 1.27. The number of fused-ring (bicyclic) bond motifs is 4. The molecule has 3 nitrogen and oxygen atoms in total. The second kappa shape index (κ2) is 14.0. The molecule has 1 aromatic heterocycles. The monoisotopic (exact) mass is 706 g/mol. The molecule has 9 aromatic rings. The topological polar surface area (TPSA) is 19.6 Å². The van der Waals surface area contributed by atoms with Crippen LogP contribution in [0.5, 0.6) is 0 Å². The molecule has 1 atom stereocenters. The molecular formula is C52H38N2O. The Labute approximate surface area is 321 Å². The van der Waals surface area contributed by atoms with E-state index in [-0.39, 0.29) is 6.04 Å². The van der Waals surface area contributed by atoms with E-state index >= 15 is 0 Å². The SMILES string of the molecule is C1=CCC(N(c2cccc(-c3ccccc3)c2)c2cc3c(cc2N(c2ccccc2)c2cccc(-c4ccccc4)c2)oc2cc4ccccc4cc23)C=C1. The normalized spacial score (nSPS) is 13.8. The summed E-state index contributed by atoms with van der Waals surface area (Å²) in [5.41, 5.74) is 11.8. The largest absolute Gasteiger partial charge is 0.456 e. The molecule has 0 radical (unpaired) electrons. The molecule has 1 aliphatic carbocycles. The molecule has 8 aromatic carbocycles. The van der Waals surface area contributed by atoms with Crippen molar-refractivity contribution >= 4 is 61.1 Å². The molecule has 1 heterocycles. The molecule has 1 unspecified atom stereocenters. The van der Waals surface area contributed by atoms with Crippen molar-refractivity contribution in [2.24, 2.45) is 0 Å². The van der Waals surface area contributed by atoms with Crippen molar-refractivity contribution < 1.29 is 4.42 Å². The van der Waals surface area contributed by atoms with Gasteiger partial charge in [-0.2, -0.15) is 0 Å². The second-order valence-corrected chi connectivity index (χ2v) is 14.1. The summed E-state index contributed by atoms with van der Waals surface area (Å²) in [5, 5.41) is 4.55. The third kappa shape index (κ3) is 6.16. The summed E-state index contributed by atoms with van der Waals surface area (Å²) in [4.78, 5) is 4.92. The average molecular weight is 707 g/mol. The number of furan rings is 1. The van der Waals surface area contributed by atoms with Crippen molar-refractivity contribution in [2.75, 3.05) is 9.80 Å². The van der Waals surface area contributed by atoms with Gasteiger partial charge in [0.15, 0.2) is 0 Å². The van der Waals surface area contributed by atoms with Crippen molar-refractivity contribution in [1.29, 1.82) is 0 Å². The lowest BCUT2D eigenvalue weighted by molar-refractivity contribution is 0.669. The molecule has 0 bridgehead atoms. The van der Waals surface area contributed by atoms with Crippen LogP contribution >= 0.6 is 0 Å². The predicted octanol–water partition coefficient (Wildman–Crippen LogP) is 14.6. The molecule has 3 heteroatoms. The van der Waals surface area contributed by atoms with Crippen LogP contribution in [0.25, 0.3) is 55.0 Å². The number of allylic oxidation sites excluding steroid dienone is 2. The van der Waals surface area contributed by atoms with E-state index in [4.69, 9.17) is 4.42 Å². The standard InChI is InChI=1S/C52H38N2O/c1-5-17-37(18-6-1)39-23-15-29-45(31-39)53(43-25-9-3-10-26-43)49-35-48-47-33-41-21-13-14-22-42(41)34-51(47)55-52(48)36-50(49)54(44-27-11-4-12-28-44)46-30-16-24-40(32-46)38-19-7-2-8-20-38/h1-25,27-36,43H,26H2. The zero-order chi connectivity index (χ0) is 36.6. The maximum Gasteiger partial charge on any atom is 0.137 e. The van der Waals surface area contributed by atoms with E-state index < -0.39 is 0 Å². The van der Waals surface area contributed by atoms with Gasteiger partial charge in [-0.25, -0.2) is 0 Å². The zero-order valence-corrected chi connectivity index (χ0v) is 30.3. The molecule has 1 aliphatic rings. The fraction of sp³-hybridized carbons (Fsp3) is 0.0385. The first-order valence-electron chi connectivity index (χ1n) is 18.9.